The summed E-state index contributed by atoms with van der Waals surface area (Å²) in [5, 5.41) is 10.5. The second-order valence-electron chi connectivity index (χ2n) is 5.69. The van der Waals surface area contributed by atoms with E-state index in [-0.39, 0.29) is 5.91 Å². The minimum atomic E-state index is -0.156. The molecule has 1 aromatic carbocycles. The number of pyridine rings is 1. The van der Waals surface area contributed by atoms with Crippen molar-refractivity contribution in [2.75, 3.05) is 10.6 Å². The van der Waals surface area contributed by atoms with Crippen LogP contribution in [0.1, 0.15) is 28.8 Å². The van der Waals surface area contributed by atoms with E-state index in [0.717, 1.165) is 22.8 Å². The number of nitrogens with zero attached hydrogens (tertiary/aromatic N) is 3. The molecule has 1 amide bonds. The molecule has 6 heteroatoms. The molecule has 0 aliphatic heterocycles. The number of hydrogen-bond donors (Lipinski definition) is 2. The van der Waals surface area contributed by atoms with Gasteiger partial charge in [0.15, 0.2) is 0 Å². The van der Waals surface area contributed by atoms with Crippen molar-refractivity contribution in [1.82, 2.24) is 14.8 Å². The first-order chi connectivity index (χ1) is 12.2. The Morgan fingerprint density at radius 2 is 1.88 bits per heavy atom. The summed E-state index contributed by atoms with van der Waals surface area (Å²) in [6, 6.07) is 15.2. The van der Waals surface area contributed by atoms with Crippen LogP contribution in [-0.4, -0.2) is 20.7 Å². The lowest BCUT2D eigenvalue weighted by Crippen LogP contribution is -2.17. The number of anilines is 2. The summed E-state index contributed by atoms with van der Waals surface area (Å²) >= 11 is 0. The number of rotatable bonds is 6. The summed E-state index contributed by atoms with van der Waals surface area (Å²) in [5.41, 5.74) is 4.09. The van der Waals surface area contributed by atoms with Crippen molar-refractivity contribution in [2.24, 2.45) is 0 Å². The number of aryl methyl sites for hydroxylation is 2. The Bertz CT molecular complexity index is 840. The molecule has 0 saturated carbocycles. The first-order valence-electron chi connectivity index (χ1n) is 8.25. The lowest BCUT2D eigenvalue weighted by Gasteiger charge is -2.09. The van der Waals surface area contributed by atoms with Crippen LogP contribution in [0.2, 0.25) is 0 Å². The Labute approximate surface area is 146 Å². The van der Waals surface area contributed by atoms with E-state index in [1.54, 1.807) is 16.9 Å². The molecule has 0 bridgehead atoms. The average Bonchev–Trinajstić information content (AvgIpc) is 3.03. The molecule has 25 heavy (non-hydrogen) atoms. The number of hydrogen-bond acceptors (Lipinski definition) is 4. The first kappa shape index (κ1) is 16.7. The zero-order valence-corrected chi connectivity index (χ0v) is 14.4. The normalized spacial score (nSPS) is 10.5. The average molecular weight is 335 g/mol. The Balaban J connectivity index is 1.61. The zero-order chi connectivity index (χ0) is 17.6. The van der Waals surface area contributed by atoms with Gasteiger partial charge in [0.2, 0.25) is 0 Å². The highest BCUT2D eigenvalue weighted by molar-refractivity contribution is 6.03. The molecule has 3 aromatic rings. The van der Waals surface area contributed by atoms with Gasteiger partial charge < -0.3 is 10.6 Å². The second-order valence-corrected chi connectivity index (χ2v) is 5.69. The van der Waals surface area contributed by atoms with Crippen LogP contribution >= 0.6 is 0 Å². The summed E-state index contributed by atoms with van der Waals surface area (Å²) in [5.74, 6) is -0.156. The zero-order valence-electron chi connectivity index (χ0n) is 14.4. The van der Waals surface area contributed by atoms with Crippen LogP contribution in [-0.2, 0) is 13.1 Å². The lowest BCUT2D eigenvalue weighted by molar-refractivity contribution is 0.101. The Morgan fingerprint density at radius 3 is 2.56 bits per heavy atom. The van der Waals surface area contributed by atoms with Gasteiger partial charge >= 0.3 is 0 Å². The predicted octanol–water partition coefficient (Wildman–Crippen LogP) is 3.47. The Morgan fingerprint density at radius 1 is 1.12 bits per heavy atom. The van der Waals surface area contributed by atoms with E-state index >= 15 is 0 Å². The summed E-state index contributed by atoms with van der Waals surface area (Å²) in [4.78, 5) is 16.7. The van der Waals surface area contributed by atoms with Crippen LogP contribution in [0.5, 0.6) is 0 Å². The third kappa shape index (κ3) is 4.23. The number of nitrogens with one attached hydrogen (secondary N) is 2. The molecule has 2 N–H and O–H groups in total. The van der Waals surface area contributed by atoms with E-state index in [0.29, 0.717) is 18.8 Å². The predicted molar refractivity (Wildman–Crippen MR) is 98.6 cm³/mol. The molecule has 0 spiro atoms. The molecular weight excluding hydrogens is 314 g/mol. The molecule has 6 nitrogen and oxygen atoms in total. The molecule has 0 saturated heterocycles. The van der Waals surface area contributed by atoms with E-state index < -0.39 is 0 Å². The van der Waals surface area contributed by atoms with Crippen molar-refractivity contribution in [1.29, 1.82) is 0 Å². The monoisotopic (exact) mass is 335 g/mol. The quantitative estimate of drug-likeness (QED) is 0.723. The number of aromatic nitrogens is 3. The molecule has 0 atom stereocenters. The van der Waals surface area contributed by atoms with Gasteiger partial charge in [-0.15, -0.1) is 0 Å². The van der Waals surface area contributed by atoms with E-state index in [1.165, 1.54) is 0 Å². The Hall–Kier alpha value is -3.15. The van der Waals surface area contributed by atoms with Crippen LogP contribution in [0.3, 0.4) is 0 Å². The van der Waals surface area contributed by atoms with E-state index in [1.807, 2.05) is 56.3 Å². The van der Waals surface area contributed by atoms with Crippen LogP contribution in [0.25, 0.3) is 0 Å². The second kappa shape index (κ2) is 7.61. The first-order valence-corrected chi connectivity index (χ1v) is 8.25. The van der Waals surface area contributed by atoms with Crippen molar-refractivity contribution in [3.63, 3.8) is 0 Å². The van der Waals surface area contributed by atoms with Gasteiger partial charge in [-0.2, -0.15) is 5.10 Å². The van der Waals surface area contributed by atoms with Crippen molar-refractivity contribution in [3.8, 4) is 0 Å². The highest BCUT2D eigenvalue weighted by Crippen LogP contribution is 2.16. The standard InChI is InChI=1S/C19H21N5O/c1-3-24-18(12-14(2)23-24)19(25)22-16-9-7-15(8-10-16)21-13-17-6-4-5-11-20-17/h4-12,21H,3,13H2,1-2H3,(H,22,25). The summed E-state index contributed by atoms with van der Waals surface area (Å²) < 4.78 is 1.70. The molecular formula is C19H21N5O. The largest absolute Gasteiger partial charge is 0.379 e. The minimum Gasteiger partial charge on any atom is -0.379 e. The molecule has 0 aliphatic carbocycles. The smallest absolute Gasteiger partial charge is 0.273 e. The highest BCUT2D eigenvalue weighted by atomic mass is 16.2. The molecule has 128 valence electrons. The number of carbonyl (C=O) groups is 1. The van der Waals surface area contributed by atoms with Gasteiger partial charge in [-0.05, 0) is 56.3 Å². The fourth-order valence-electron chi connectivity index (χ4n) is 2.53. The van der Waals surface area contributed by atoms with E-state index in [9.17, 15) is 4.79 Å². The van der Waals surface area contributed by atoms with Crippen LogP contribution in [0.15, 0.2) is 54.7 Å². The lowest BCUT2D eigenvalue weighted by atomic mass is 10.2. The van der Waals surface area contributed by atoms with Crippen molar-refractivity contribution in [3.05, 3.63) is 71.8 Å². The van der Waals surface area contributed by atoms with Crippen LogP contribution in [0.4, 0.5) is 11.4 Å². The minimum absolute atomic E-state index is 0.156. The van der Waals surface area contributed by atoms with Gasteiger partial charge in [0.1, 0.15) is 5.69 Å². The van der Waals surface area contributed by atoms with E-state index in [2.05, 4.69) is 20.7 Å². The van der Waals surface area contributed by atoms with Crippen LogP contribution < -0.4 is 10.6 Å². The van der Waals surface area contributed by atoms with Gasteiger partial charge in [0, 0.05) is 24.1 Å². The third-order valence-corrected chi connectivity index (χ3v) is 3.78. The maximum Gasteiger partial charge on any atom is 0.273 e. The summed E-state index contributed by atoms with van der Waals surface area (Å²) in [7, 11) is 0. The van der Waals surface area contributed by atoms with Gasteiger partial charge in [-0.25, -0.2) is 0 Å². The van der Waals surface area contributed by atoms with Gasteiger partial charge in [-0.1, -0.05) is 6.07 Å². The van der Waals surface area contributed by atoms with Gasteiger partial charge in [0.05, 0.1) is 17.9 Å². The number of amides is 1. The van der Waals surface area contributed by atoms with Gasteiger partial charge in [0.25, 0.3) is 5.91 Å². The highest BCUT2D eigenvalue weighted by Gasteiger charge is 2.13. The van der Waals surface area contributed by atoms with Crippen molar-refractivity contribution >= 4 is 17.3 Å². The maximum atomic E-state index is 12.4. The topological polar surface area (TPSA) is 71.8 Å². The summed E-state index contributed by atoms with van der Waals surface area (Å²) in [6.07, 6.45) is 1.78. The summed E-state index contributed by atoms with van der Waals surface area (Å²) in [6.45, 7) is 5.16. The molecule has 3 rings (SSSR count). The number of carbonyl (C=O) groups excluding carboxylic acids is 1. The fraction of sp³-hybridized carbons (Fsp3) is 0.211. The number of benzene rings is 1. The molecule has 2 aromatic heterocycles. The molecule has 0 radical (unpaired) electrons. The van der Waals surface area contributed by atoms with Crippen molar-refractivity contribution in [2.45, 2.75) is 26.9 Å². The van der Waals surface area contributed by atoms with Crippen molar-refractivity contribution < 1.29 is 4.79 Å². The van der Waals surface area contributed by atoms with E-state index in [4.69, 9.17) is 0 Å². The Kier molecular flexibility index (Phi) is 5.09. The molecule has 0 fully saturated rings. The molecule has 2 heterocycles. The molecule has 0 aliphatic rings. The molecule has 0 unspecified atom stereocenters. The third-order valence-electron chi connectivity index (χ3n) is 3.78. The maximum absolute atomic E-state index is 12.4. The fourth-order valence-corrected chi connectivity index (χ4v) is 2.53. The van der Waals surface area contributed by atoms with Gasteiger partial charge in [-0.3, -0.25) is 14.5 Å². The van der Waals surface area contributed by atoms with Crippen LogP contribution in [0, 0.1) is 6.92 Å². The SMILES string of the molecule is CCn1nc(C)cc1C(=O)Nc1ccc(NCc2ccccn2)cc1.